The molecule has 17 heavy (non-hydrogen) atoms. The molecular weight excluding hydrogens is 265 g/mol. The van der Waals surface area contributed by atoms with Crippen molar-refractivity contribution in [2.45, 2.75) is 13.8 Å². The molecule has 7 heteroatoms. The minimum atomic E-state index is -3.61. The van der Waals surface area contributed by atoms with Gasteiger partial charge in [-0.3, -0.25) is 9.05 Å². The Balaban J connectivity index is 2.89. The van der Waals surface area contributed by atoms with Crippen molar-refractivity contribution in [1.29, 1.82) is 0 Å². The van der Waals surface area contributed by atoms with Gasteiger partial charge in [-0.15, -0.1) is 0 Å². The lowest BCUT2D eigenvalue weighted by molar-refractivity contribution is 0.167. The first-order valence-corrected chi connectivity index (χ1v) is 6.98. The van der Waals surface area contributed by atoms with Crippen LogP contribution in [0.2, 0.25) is 5.02 Å². The van der Waals surface area contributed by atoms with Crippen molar-refractivity contribution < 1.29 is 18.1 Å². The fraction of sp³-hybridized carbons (Fsp3) is 0.400. The molecular formula is C10H15ClNO4P. The van der Waals surface area contributed by atoms with Crippen molar-refractivity contribution in [2.24, 2.45) is 0 Å². The first kappa shape index (κ1) is 14.3. The number of hydrogen-bond donors (Lipinski definition) is 1. The summed E-state index contributed by atoms with van der Waals surface area (Å²) in [7, 11) is -3.61. The largest absolute Gasteiger partial charge is 0.530 e. The normalized spacial score (nSPS) is 11.5. The van der Waals surface area contributed by atoms with Gasteiger partial charge in [-0.25, -0.2) is 4.57 Å². The third kappa shape index (κ3) is 4.21. The highest BCUT2D eigenvalue weighted by Crippen LogP contribution is 2.50. The molecule has 0 radical (unpaired) electrons. The lowest BCUT2D eigenvalue weighted by Gasteiger charge is -2.17. The fourth-order valence-corrected chi connectivity index (χ4v) is 2.61. The number of nitrogens with two attached hydrogens (primary N) is 1. The van der Waals surface area contributed by atoms with Crippen molar-refractivity contribution in [3.63, 3.8) is 0 Å². The van der Waals surface area contributed by atoms with E-state index in [0.717, 1.165) is 0 Å². The van der Waals surface area contributed by atoms with Gasteiger partial charge >= 0.3 is 7.82 Å². The van der Waals surface area contributed by atoms with Crippen LogP contribution in [0, 0.1) is 0 Å². The second-order valence-corrected chi connectivity index (χ2v) is 5.06. The van der Waals surface area contributed by atoms with Crippen molar-refractivity contribution in [3.05, 3.63) is 23.2 Å². The van der Waals surface area contributed by atoms with Gasteiger partial charge in [0.25, 0.3) is 0 Å². The molecule has 5 nitrogen and oxygen atoms in total. The summed E-state index contributed by atoms with van der Waals surface area (Å²) in [6.45, 7) is 3.81. The van der Waals surface area contributed by atoms with Gasteiger partial charge in [-0.2, -0.15) is 0 Å². The van der Waals surface area contributed by atoms with Gasteiger partial charge in [0.2, 0.25) is 0 Å². The van der Waals surface area contributed by atoms with Crippen LogP contribution in [0.1, 0.15) is 13.8 Å². The Hall–Kier alpha value is -0.740. The molecule has 1 aromatic rings. The smallest absolute Gasteiger partial charge is 0.402 e. The van der Waals surface area contributed by atoms with Crippen molar-refractivity contribution in [3.8, 4) is 5.75 Å². The SMILES string of the molecule is CCOP(=O)(OCC)Oc1ccc(N)cc1Cl. The van der Waals surface area contributed by atoms with Gasteiger partial charge in [-0.05, 0) is 32.0 Å². The molecule has 96 valence electrons. The zero-order valence-corrected chi connectivity index (χ0v) is 11.3. The number of hydrogen-bond acceptors (Lipinski definition) is 5. The minimum Gasteiger partial charge on any atom is -0.402 e. The first-order valence-electron chi connectivity index (χ1n) is 5.14. The third-order valence-corrected chi connectivity index (χ3v) is 3.61. The summed E-state index contributed by atoms with van der Waals surface area (Å²) in [5, 5.41) is 0.254. The molecule has 0 atom stereocenters. The molecule has 0 aliphatic heterocycles. The van der Waals surface area contributed by atoms with E-state index in [4.69, 9.17) is 30.9 Å². The molecule has 0 fully saturated rings. The van der Waals surface area contributed by atoms with Crippen molar-refractivity contribution in [2.75, 3.05) is 18.9 Å². The second-order valence-electron chi connectivity index (χ2n) is 3.06. The van der Waals surface area contributed by atoms with E-state index in [9.17, 15) is 4.57 Å². The molecule has 0 aliphatic carbocycles. The Labute approximate surface area is 105 Å². The Morgan fingerprint density at radius 2 is 1.88 bits per heavy atom. The van der Waals surface area contributed by atoms with Crippen molar-refractivity contribution >= 4 is 25.1 Å². The van der Waals surface area contributed by atoms with E-state index in [-0.39, 0.29) is 24.0 Å². The van der Waals surface area contributed by atoms with Crippen LogP contribution < -0.4 is 10.3 Å². The van der Waals surface area contributed by atoms with Crippen LogP contribution in [-0.4, -0.2) is 13.2 Å². The van der Waals surface area contributed by atoms with E-state index in [0.29, 0.717) is 5.69 Å². The highest BCUT2D eigenvalue weighted by Gasteiger charge is 2.28. The van der Waals surface area contributed by atoms with E-state index in [1.165, 1.54) is 12.1 Å². The quantitative estimate of drug-likeness (QED) is 0.637. The minimum absolute atomic E-state index is 0.212. The van der Waals surface area contributed by atoms with E-state index in [2.05, 4.69) is 0 Å². The summed E-state index contributed by atoms with van der Waals surface area (Å²) < 4.78 is 27.2. The first-order chi connectivity index (χ1) is 8.00. The van der Waals surface area contributed by atoms with E-state index in [1.807, 2.05) is 0 Å². The molecule has 0 saturated carbocycles. The Kier molecular flexibility index (Phi) is 5.28. The molecule has 0 aliphatic rings. The van der Waals surface area contributed by atoms with Gasteiger partial charge in [0, 0.05) is 5.69 Å². The number of rotatable bonds is 6. The van der Waals surface area contributed by atoms with Gasteiger partial charge in [-0.1, -0.05) is 11.6 Å². The number of nitrogen functional groups attached to an aromatic ring is 1. The standard InChI is InChI=1S/C10H15ClNO4P/c1-3-14-17(13,15-4-2)16-10-6-5-8(12)7-9(10)11/h5-7H,3-4,12H2,1-2H3. The third-order valence-electron chi connectivity index (χ3n) is 1.74. The van der Waals surface area contributed by atoms with Crippen LogP contribution in [0.15, 0.2) is 18.2 Å². The predicted molar refractivity (Wildman–Crippen MR) is 67.4 cm³/mol. The van der Waals surface area contributed by atoms with Gasteiger partial charge in [0.15, 0.2) is 0 Å². The fourth-order valence-electron chi connectivity index (χ4n) is 1.12. The lowest BCUT2D eigenvalue weighted by Crippen LogP contribution is -2.02. The second kappa shape index (κ2) is 6.26. The van der Waals surface area contributed by atoms with Crippen LogP contribution in [0.4, 0.5) is 5.69 Å². The molecule has 0 bridgehead atoms. The summed E-state index contributed by atoms with van der Waals surface area (Å²) in [5.74, 6) is 0.214. The summed E-state index contributed by atoms with van der Waals surface area (Å²) in [5.41, 5.74) is 6.03. The highest BCUT2D eigenvalue weighted by atomic mass is 35.5. The van der Waals surface area contributed by atoms with Crippen LogP contribution >= 0.6 is 19.4 Å². The van der Waals surface area contributed by atoms with Crippen LogP contribution in [0.25, 0.3) is 0 Å². The number of phosphoric acid groups is 1. The van der Waals surface area contributed by atoms with E-state index < -0.39 is 7.82 Å². The summed E-state index contributed by atoms with van der Waals surface area (Å²) in [6, 6.07) is 4.60. The molecule has 0 saturated heterocycles. The monoisotopic (exact) mass is 279 g/mol. The number of phosphoric ester groups is 1. The van der Waals surface area contributed by atoms with Gasteiger partial charge in [0.1, 0.15) is 5.75 Å². The highest BCUT2D eigenvalue weighted by molar-refractivity contribution is 7.48. The van der Waals surface area contributed by atoms with Crippen LogP contribution in [-0.2, 0) is 13.6 Å². The predicted octanol–water partition coefficient (Wildman–Crippen LogP) is 3.48. The average Bonchev–Trinajstić information content (AvgIpc) is 2.23. The molecule has 1 aromatic carbocycles. The lowest BCUT2D eigenvalue weighted by atomic mass is 10.3. The summed E-state index contributed by atoms with van der Waals surface area (Å²) in [6.07, 6.45) is 0. The Morgan fingerprint density at radius 1 is 1.29 bits per heavy atom. The van der Waals surface area contributed by atoms with Crippen molar-refractivity contribution in [1.82, 2.24) is 0 Å². The topological polar surface area (TPSA) is 70.8 Å². The molecule has 0 spiro atoms. The molecule has 0 unspecified atom stereocenters. The molecule has 2 N–H and O–H groups in total. The molecule has 0 aromatic heterocycles. The molecule has 1 rings (SSSR count). The Morgan fingerprint density at radius 3 is 2.35 bits per heavy atom. The number of anilines is 1. The van der Waals surface area contributed by atoms with Gasteiger partial charge in [0.05, 0.1) is 18.2 Å². The maximum atomic E-state index is 12.1. The Bertz CT molecular complexity index is 417. The number of halogens is 1. The number of benzene rings is 1. The molecule has 0 amide bonds. The zero-order valence-electron chi connectivity index (χ0n) is 9.68. The zero-order chi connectivity index (χ0) is 12.9. The van der Waals surface area contributed by atoms with Gasteiger partial charge < -0.3 is 10.3 Å². The summed E-state index contributed by atoms with van der Waals surface area (Å²) in [4.78, 5) is 0. The van der Waals surface area contributed by atoms with E-state index >= 15 is 0 Å². The van der Waals surface area contributed by atoms with E-state index in [1.54, 1.807) is 19.9 Å². The summed E-state index contributed by atoms with van der Waals surface area (Å²) >= 11 is 5.90. The average molecular weight is 280 g/mol. The maximum Gasteiger partial charge on any atom is 0.530 e. The molecule has 0 heterocycles. The van der Waals surface area contributed by atoms with Crippen LogP contribution in [0.5, 0.6) is 5.75 Å². The van der Waals surface area contributed by atoms with Crippen LogP contribution in [0.3, 0.4) is 0 Å². The maximum absolute atomic E-state index is 12.1.